The van der Waals surface area contributed by atoms with Crippen LogP contribution in [0.3, 0.4) is 0 Å². The second-order valence-electron chi connectivity index (χ2n) is 4.98. The van der Waals surface area contributed by atoms with Crippen molar-refractivity contribution < 1.29 is 14.6 Å². The van der Waals surface area contributed by atoms with Gasteiger partial charge < -0.3 is 15.2 Å². The van der Waals surface area contributed by atoms with Gasteiger partial charge in [0.15, 0.2) is 0 Å². The van der Waals surface area contributed by atoms with Gasteiger partial charge in [-0.2, -0.15) is 0 Å². The first kappa shape index (κ1) is 16.6. The minimum atomic E-state index is -0.417. The molecule has 0 saturated carbocycles. The standard InChI is InChI=1S/C12H13Br2NO3.ClH/c1-12(2)5-18-11(17)15-10(12)6-3-7(13)9(16)8(14)4-6;/h3-4,10,16H,5H2,1-2H3,(H,15,17);1H/t10-;/m1./s1. The lowest BCUT2D eigenvalue weighted by molar-refractivity contribution is 0.0387. The molecule has 1 heterocycles. The van der Waals surface area contributed by atoms with Crippen molar-refractivity contribution >= 4 is 50.4 Å². The molecule has 1 fully saturated rings. The van der Waals surface area contributed by atoms with Gasteiger partial charge in [-0.1, -0.05) is 13.8 Å². The van der Waals surface area contributed by atoms with Crippen molar-refractivity contribution in [2.75, 3.05) is 6.61 Å². The second-order valence-corrected chi connectivity index (χ2v) is 6.68. The molecule has 1 saturated heterocycles. The molecule has 0 radical (unpaired) electrons. The summed E-state index contributed by atoms with van der Waals surface area (Å²) in [7, 11) is 0. The molecule has 7 heteroatoms. The Labute approximate surface area is 134 Å². The molecule has 1 aliphatic heterocycles. The maximum atomic E-state index is 11.4. The summed E-state index contributed by atoms with van der Waals surface area (Å²) >= 11 is 6.58. The van der Waals surface area contributed by atoms with E-state index in [2.05, 4.69) is 37.2 Å². The van der Waals surface area contributed by atoms with Crippen molar-refractivity contribution in [2.45, 2.75) is 19.9 Å². The fraction of sp³-hybridized carbons (Fsp3) is 0.417. The van der Waals surface area contributed by atoms with Crippen LogP contribution in [0.25, 0.3) is 0 Å². The first-order valence-corrected chi connectivity index (χ1v) is 7.01. The lowest BCUT2D eigenvalue weighted by Crippen LogP contribution is -2.46. The second kappa shape index (κ2) is 5.89. The monoisotopic (exact) mass is 413 g/mol. The highest BCUT2D eigenvalue weighted by atomic mass is 79.9. The Hall–Kier alpha value is -0.460. The molecule has 2 rings (SSSR count). The van der Waals surface area contributed by atoms with Gasteiger partial charge in [0, 0.05) is 5.41 Å². The Balaban J connectivity index is 0.00000180. The number of carbonyl (C=O) groups excluding carboxylic acids is 1. The highest BCUT2D eigenvalue weighted by molar-refractivity contribution is 9.11. The average Bonchev–Trinajstić information content (AvgIpc) is 2.28. The Kier molecular flexibility index (Phi) is 5.15. The third-order valence-corrected chi connectivity index (χ3v) is 4.20. The number of carbonyl (C=O) groups is 1. The normalized spacial score (nSPS) is 21.1. The van der Waals surface area contributed by atoms with Crippen molar-refractivity contribution in [3.63, 3.8) is 0 Å². The summed E-state index contributed by atoms with van der Waals surface area (Å²) in [5.41, 5.74) is 0.692. The van der Waals surface area contributed by atoms with E-state index in [0.717, 1.165) is 5.56 Å². The number of hydrogen-bond acceptors (Lipinski definition) is 3. The van der Waals surface area contributed by atoms with E-state index >= 15 is 0 Å². The van der Waals surface area contributed by atoms with Gasteiger partial charge in [0.2, 0.25) is 0 Å². The lowest BCUT2D eigenvalue weighted by atomic mass is 9.80. The minimum Gasteiger partial charge on any atom is -0.506 e. The third kappa shape index (κ3) is 3.35. The maximum Gasteiger partial charge on any atom is 0.407 e. The number of amides is 1. The summed E-state index contributed by atoms with van der Waals surface area (Å²) in [5.74, 6) is 0.148. The van der Waals surface area contributed by atoms with Crippen LogP contribution in [0.1, 0.15) is 25.5 Å². The van der Waals surface area contributed by atoms with Gasteiger partial charge in [0.25, 0.3) is 0 Å². The Morgan fingerprint density at radius 3 is 2.42 bits per heavy atom. The van der Waals surface area contributed by atoms with Gasteiger partial charge >= 0.3 is 6.09 Å². The number of benzene rings is 1. The van der Waals surface area contributed by atoms with Gasteiger partial charge in [-0.15, -0.1) is 12.4 Å². The zero-order chi connectivity index (χ0) is 13.5. The van der Waals surface area contributed by atoms with E-state index in [1.165, 1.54) is 0 Å². The van der Waals surface area contributed by atoms with Crippen molar-refractivity contribution in [1.29, 1.82) is 0 Å². The molecular formula is C12H14Br2ClNO3. The highest BCUT2D eigenvalue weighted by Crippen LogP contribution is 2.41. The summed E-state index contributed by atoms with van der Waals surface area (Å²) in [4.78, 5) is 11.4. The number of alkyl carbamates (subject to hydrolysis) is 1. The van der Waals surface area contributed by atoms with Crippen LogP contribution in [0.5, 0.6) is 5.75 Å². The van der Waals surface area contributed by atoms with Crippen LogP contribution in [0.15, 0.2) is 21.1 Å². The number of ether oxygens (including phenoxy) is 1. The van der Waals surface area contributed by atoms with Crippen LogP contribution in [-0.4, -0.2) is 17.8 Å². The SMILES string of the molecule is CC1(C)COC(=O)N[C@@H]1c1cc(Br)c(O)c(Br)c1.Cl. The van der Waals surface area contributed by atoms with Crippen molar-refractivity contribution in [3.8, 4) is 5.75 Å². The molecule has 1 aromatic carbocycles. The Morgan fingerprint density at radius 1 is 1.37 bits per heavy atom. The number of hydrogen-bond donors (Lipinski definition) is 2. The van der Waals surface area contributed by atoms with Crippen molar-refractivity contribution in [2.24, 2.45) is 5.41 Å². The molecule has 4 nitrogen and oxygen atoms in total. The predicted molar refractivity (Wildman–Crippen MR) is 81.8 cm³/mol. The molecule has 1 amide bonds. The number of nitrogens with one attached hydrogen (secondary N) is 1. The largest absolute Gasteiger partial charge is 0.506 e. The Morgan fingerprint density at radius 2 is 1.89 bits per heavy atom. The van der Waals surface area contributed by atoms with E-state index < -0.39 is 6.09 Å². The van der Waals surface area contributed by atoms with Gasteiger partial charge in [0.05, 0.1) is 15.0 Å². The minimum absolute atomic E-state index is 0. The topological polar surface area (TPSA) is 58.6 Å². The van der Waals surface area contributed by atoms with Gasteiger partial charge in [0.1, 0.15) is 12.4 Å². The molecule has 0 aliphatic carbocycles. The lowest BCUT2D eigenvalue weighted by Gasteiger charge is -2.38. The molecular weight excluding hydrogens is 401 g/mol. The highest BCUT2D eigenvalue weighted by Gasteiger charge is 2.38. The van der Waals surface area contributed by atoms with Gasteiger partial charge in [-0.3, -0.25) is 0 Å². The predicted octanol–water partition coefficient (Wildman–Crippen LogP) is 4.15. The molecule has 1 atom stereocenters. The van der Waals surface area contributed by atoms with E-state index in [0.29, 0.717) is 15.6 Å². The van der Waals surface area contributed by atoms with Crippen LogP contribution < -0.4 is 5.32 Å². The van der Waals surface area contributed by atoms with Crippen LogP contribution in [0, 0.1) is 5.41 Å². The maximum absolute atomic E-state index is 11.4. The zero-order valence-electron chi connectivity index (χ0n) is 10.4. The summed E-state index contributed by atoms with van der Waals surface area (Å²) < 4.78 is 6.18. The molecule has 106 valence electrons. The molecule has 0 spiro atoms. The molecule has 2 N–H and O–H groups in total. The molecule has 0 unspecified atom stereocenters. The quantitative estimate of drug-likeness (QED) is 0.725. The third-order valence-electron chi connectivity index (χ3n) is 2.99. The number of halogens is 3. The molecule has 0 bridgehead atoms. The van der Waals surface area contributed by atoms with Crippen LogP contribution in [0.2, 0.25) is 0 Å². The summed E-state index contributed by atoms with van der Waals surface area (Å²) in [6, 6.07) is 3.45. The smallest absolute Gasteiger partial charge is 0.407 e. The Bertz CT molecular complexity index is 485. The van der Waals surface area contributed by atoms with Gasteiger partial charge in [-0.25, -0.2) is 4.79 Å². The summed E-state index contributed by atoms with van der Waals surface area (Å²) in [5, 5.41) is 12.5. The number of rotatable bonds is 1. The van der Waals surface area contributed by atoms with E-state index in [4.69, 9.17) is 4.74 Å². The zero-order valence-corrected chi connectivity index (χ0v) is 14.4. The summed E-state index contributed by atoms with van der Waals surface area (Å²) in [6.45, 7) is 4.40. The van der Waals surface area contributed by atoms with E-state index in [1.54, 1.807) is 12.1 Å². The van der Waals surface area contributed by atoms with Gasteiger partial charge in [-0.05, 0) is 49.6 Å². The fourth-order valence-electron chi connectivity index (χ4n) is 1.98. The fourth-order valence-corrected chi connectivity index (χ4v) is 3.20. The number of cyclic esters (lactones) is 1. The first-order valence-electron chi connectivity index (χ1n) is 5.42. The van der Waals surface area contributed by atoms with E-state index in [-0.39, 0.29) is 29.6 Å². The van der Waals surface area contributed by atoms with E-state index in [9.17, 15) is 9.90 Å². The van der Waals surface area contributed by atoms with Crippen LogP contribution in [0.4, 0.5) is 4.79 Å². The number of aromatic hydroxyl groups is 1. The molecule has 1 aromatic rings. The molecule has 1 aliphatic rings. The average molecular weight is 416 g/mol. The molecule has 19 heavy (non-hydrogen) atoms. The summed E-state index contributed by atoms with van der Waals surface area (Å²) in [6.07, 6.45) is -0.417. The number of phenols is 1. The number of phenolic OH excluding ortho intramolecular Hbond substituents is 1. The first-order chi connectivity index (χ1) is 8.31. The van der Waals surface area contributed by atoms with E-state index in [1.807, 2.05) is 13.8 Å². The van der Waals surface area contributed by atoms with Crippen molar-refractivity contribution in [3.05, 3.63) is 26.6 Å². The van der Waals surface area contributed by atoms with Crippen LogP contribution in [-0.2, 0) is 4.74 Å². The van der Waals surface area contributed by atoms with Crippen LogP contribution >= 0.6 is 44.3 Å². The molecule has 0 aromatic heterocycles. The van der Waals surface area contributed by atoms with Crippen molar-refractivity contribution in [1.82, 2.24) is 5.32 Å².